The molecule has 6 heteroatoms. The second kappa shape index (κ2) is 9.93. The summed E-state index contributed by atoms with van der Waals surface area (Å²) < 4.78 is 5.60. The Hall–Kier alpha value is -0.0800. The molecule has 2 aliphatic heterocycles. The van der Waals surface area contributed by atoms with Gasteiger partial charge in [0.2, 0.25) is 0 Å². The molecule has 2 fully saturated rings. The first-order valence-corrected chi connectivity index (χ1v) is 8.41. The molecule has 0 saturated carbocycles. The molecular formula is C16H33IN4O. The maximum Gasteiger partial charge on any atom is 0.193 e. The topological polar surface area (TPSA) is 40.1 Å². The maximum absolute atomic E-state index is 5.60. The molecule has 5 nitrogen and oxygen atoms in total. The molecule has 22 heavy (non-hydrogen) atoms. The molecule has 2 rings (SSSR count). The molecule has 0 aliphatic carbocycles. The van der Waals surface area contributed by atoms with Crippen molar-refractivity contribution in [1.29, 1.82) is 0 Å². The maximum atomic E-state index is 5.60. The third-order valence-electron chi connectivity index (χ3n) is 4.80. The van der Waals surface area contributed by atoms with E-state index in [1.807, 2.05) is 7.05 Å². The zero-order valence-corrected chi connectivity index (χ0v) is 16.8. The minimum Gasteiger partial charge on any atom is -0.381 e. The van der Waals surface area contributed by atoms with Crippen LogP contribution in [-0.2, 0) is 4.74 Å². The van der Waals surface area contributed by atoms with E-state index in [1.165, 1.54) is 32.2 Å². The fourth-order valence-electron chi connectivity index (χ4n) is 3.32. The van der Waals surface area contributed by atoms with Gasteiger partial charge in [-0.1, -0.05) is 13.3 Å². The van der Waals surface area contributed by atoms with Crippen molar-refractivity contribution in [3.8, 4) is 0 Å². The Labute approximate surface area is 152 Å². The Balaban J connectivity index is 0.00000242. The number of ether oxygens (including phenoxy) is 1. The number of likely N-dealkylation sites (tertiary alicyclic amines) is 1. The summed E-state index contributed by atoms with van der Waals surface area (Å²) in [4.78, 5) is 9.25. The van der Waals surface area contributed by atoms with Gasteiger partial charge in [0.25, 0.3) is 0 Å². The molecule has 2 saturated heterocycles. The normalized spacial score (nSPS) is 25.1. The highest BCUT2D eigenvalue weighted by Crippen LogP contribution is 2.38. The van der Waals surface area contributed by atoms with Gasteiger partial charge in [-0.2, -0.15) is 0 Å². The lowest BCUT2D eigenvalue weighted by Gasteiger charge is -2.25. The fraction of sp³-hybridized carbons (Fsp3) is 0.938. The first kappa shape index (κ1) is 20.0. The van der Waals surface area contributed by atoms with E-state index in [0.29, 0.717) is 5.41 Å². The minimum atomic E-state index is 0. The molecule has 0 radical (unpaired) electrons. The number of halogens is 1. The van der Waals surface area contributed by atoms with Gasteiger partial charge in [-0.25, -0.2) is 0 Å². The molecule has 2 heterocycles. The highest BCUT2D eigenvalue weighted by Gasteiger charge is 2.42. The summed E-state index contributed by atoms with van der Waals surface area (Å²) in [6.45, 7) is 9.52. The standard InChI is InChI=1S/C16H32N4O.HI/c1-4-5-9-19(3)11-8-18-15(17-2)20-10-6-16(13-20)7-12-21-14-16;/h4-14H2,1-3H3,(H,17,18);1H. The summed E-state index contributed by atoms with van der Waals surface area (Å²) in [5, 5.41) is 3.52. The van der Waals surface area contributed by atoms with E-state index in [1.54, 1.807) is 0 Å². The molecule has 1 atom stereocenters. The average molecular weight is 424 g/mol. The van der Waals surface area contributed by atoms with Gasteiger partial charge in [0.05, 0.1) is 6.61 Å². The Kier molecular flexibility index (Phi) is 9.01. The van der Waals surface area contributed by atoms with Crippen LogP contribution in [0, 0.1) is 5.41 Å². The van der Waals surface area contributed by atoms with Crippen LogP contribution in [0.2, 0.25) is 0 Å². The van der Waals surface area contributed by atoms with Crippen molar-refractivity contribution in [3.05, 3.63) is 0 Å². The SMILES string of the molecule is CCCCN(C)CCNC(=NC)N1CCC2(CCOC2)C1.I. The van der Waals surface area contributed by atoms with Gasteiger partial charge < -0.3 is 19.9 Å². The molecule has 1 spiro atoms. The van der Waals surface area contributed by atoms with Gasteiger partial charge in [0, 0.05) is 45.2 Å². The number of rotatable bonds is 6. The largest absolute Gasteiger partial charge is 0.381 e. The second-order valence-corrected chi connectivity index (χ2v) is 6.60. The molecule has 2 aliphatic rings. The molecule has 0 aromatic carbocycles. The number of nitrogens with one attached hydrogen (secondary N) is 1. The Morgan fingerprint density at radius 2 is 2.18 bits per heavy atom. The predicted octanol–water partition coefficient (Wildman–Crippen LogP) is 2.02. The molecular weight excluding hydrogens is 391 g/mol. The number of unbranched alkanes of at least 4 members (excludes halogenated alkanes) is 1. The van der Waals surface area contributed by atoms with Crippen molar-refractivity contribution >= 4 is 29.9 Å². The van der Waals surface area contributed by atoms with Gasteiger partial charge in [-0.15, -0.1) is 24.0 Å². The van der Waals surface area contributed by atoms with Crippen molar-refractivity contribution in [2.24, 2.45) is 10.4 Å². The van der Waals surface area contributed by atoms with Gasteiger partial charge in [-0.3, -0.25) is 4.99 Å². The van der Waals surface area contributed by atoms with Crippen molar-refractivity contribution < 1.29 is 4.74 Å². The van der Waals surface area contributed by atoms with Crippen LogP contribution in [0.4, 0.5) is 0 Å². The summed E-state index contributed by atoms with van der Waals surface area (Å²) in [6.07, 6.45) is 4.99. The zero-order valence-electron chi connectivity index (χ0n) is 14.4. The lowest BCUT2D eigenvalue weighted by Crippen LogP contribution is -2.43. The van der Waals surface area contributed by atoms with Crippen LogP contribution in [0.3, 0.4) is 0 Å². The third kappa shape index (κ3) is 5.53. The van der Waals surface area contributed by atoms with Gasteiger partial charge in [0.15, 0.2) is 5.96 Å². The first-order valence-electron chi connectivity index (χ1n) is 8.41. The van der Waals surface area contributed by atoms with E-state index < -0.39 is 0 Å². The van der Waals surface area contributed by atoms with Crippen molar-refractivity contribution in [2.75, 3.05) is 60.0 Å². The lowest BCUT2D eigenvalue weighted by molar-refractivity contribution is 0.156. The van der Waals surface area contributed by atoms with Crippen LogP contribution in [-0.4, -0.2) is 75.8 Å². The summed E-state index contributed by atoms with van der Waals surface area (Å²) >= 11 is 0. The molecule has 1 N–H and O–H groups in total. The summed E-state index contributed by atoms with van der Waals surface area (Å²) in [6, 6.07) is 0. The van der Waals surface area contributed by atoms with E-state index >= 15 is 0 Å². The van der Waals surface area contributed by atoms with Crippen LogP contribution in [0.25, 0.3) is 0 Å². The number of guanidine groups is 1. The zero-order chi connectivity index (χ0) is 15.1. The summed E-state index contributed by atoms with van der Waals surface area (Å²) in [5.41, 5.74) is 0.398. The minimum absolute atomic E-state index is 0. The molecule has 1 unspecified atom stereocenters. The second-order valence-electron chi connectivity index (χ2n) is 6.60. The van der Waals surface area contributed by atoms with Crippen molar-refractivity contribution in [3.63, 3.8) is 0 Å². The van der Waals surface area contributed by atoms with E-state index in [0.717, 1.165) is 45.4 Å². The number of hydrogen-bond acceptors (Lipinski definition) is 3. The molecule has 0 aromatic rings. The van der Waals surface area contributed by atoms with Crippen LogP contribution < -0.4 is 5.32 Å². The van der Waals surface area contributed by atoms with E-state index in [-0.39, 0.29) is 24.0 Å². The fourth-order valence-corrected chi connectivity index (χ4v) is 3.32. The molecule has 0 aromatic heterocycles. The Bertz CT molecular complexity index is 345. The Morgan fingerprint density at radius 1 is 1.36 bits per heavy atom. The van der Waals surface area contributed by atoms with Gasteiger partial charge in [-0.05, 0) is 32.9 Å². The van der Waals surface area contributed by atoms with Gasteiger partial charge >= 0.3 is 0 Å². The van der Waals surface area contributed by atoms with E-state index in [2.05, 4.69) is 34.1 Å². The quantitative estimate of drug-likeness (QED) is 0.403. The summed E-state index contributed by atoms with van der Waals surface area (Å²) in [5.74, 6) is 1.06. The van der Waals surface area contributed by atoms with E-state index in [4.69, 9.17) is 4.74 Å². The van der Waals surface area contributed by atoms with Crippen LogP contribution in [0.5, 0.6) is 0 Å². The highest BCUT2D eigenvalue weighted by molar-refractivity contribution is 14.0. The third-order valence-corrected chi connectivity index (χ3v) is 4.80. The summed E-state index contributed by atoms with van der Waals surface area (Å²) in [7, 11) is 4.08. The number of hydrogen-bond donors (Lipinski definition) is 1. The average Bonchev–Trinajstić information content (AvgIpc) is 3.12. The predicted molar refractivity (Wildman–Crippen MR) is 103 cm³/mol. The van der Waals surface area contributed by atoms with Crippen LogP contribution in [0.1, 0.15) is 32.6 Å². The molecule has 130 valence electrons. The monoisotopic (exact) mass is 424 g/mol. The Morgan fingerprint density at radius 3 is 2.82 bits per heavy atom. The molecule has 0 amide bonds. The number of nitrogens with zero attached hydrogens (tertiary/aromatic N) is 3. The van der Waals surface area contributed by atoms with Crippen molar-refractivity contribution in [2.45, 2.75) is 32.6 Å². The number of likely N-dealkylation sites (N-methyl/N-ethyl adjacent to an activating group) is 1. The number of aliphatic imine (C=N–C) groups is 1. The smallest absolute Gasteiger partial charge is 0.193 e. The highest BCUT2D eigenvalue weighted by atomic mass is 127. The van der Waals surface area contributed by atoms with Crippen LogP contribution >= 0.6 is 24.0 Å². The van der Waals surface area contributed by atoms with Gasteiger partial charge in [0.1, 0.15) is 0 Å². The lowest BCUT2D eigenvalue weighted by atomic mass is 9.87. The van der Waals surface area contributed by atoms with Crippen molar-refractivity contribution in [1.82, 2.24) is 15.1 Å². The molecule has 0 bridgehead atoms. The van der Waals surface area contributed by atoms with E-state index in [9.17, 15) is 0 Å². The van der Waals surface area contributed by atoms with Crippen LogP contribution in [0.15, 0.2) is 4.99 Å². The first-order chi connectivity index (χ1) is 10.2.